The van der Waals surface area contributed by atoms with Crippen LogP contribution in [-0.4, -0.2) is 23.3 Å². The Hall–Kier alpha value is -2.77. The van der Waals surface area contributed by atoms with Gasteiger partial charge in [0.15, 0.2) is 0 Å². The molecule has 3 aromatic rings. The molecule has 0 radical (unpaired) electrons. The Kier molecular flexibility index (Phi) is 5.58. The Morgan fingerprint density at radius 2 is 1.73 bits per heavy atom. The number of fused-ring (bicyclic) bond motifs is 1. The number of hydrogen-bond donors (Lipinski definition) is 1. The third-order valence-electron chi connectivity index (χ3n) is 4.81. The highest BCUT2D eigenvalue weighted by Crippen LogP contribution is 2.38. The number of carbonyl (C=O) groups is 2. The van der Waals surface area contributed by atoms with E-state index < -0.39 is 29.5 Å². The number of hydrogen-bond acceptors (Lipinski definition) is 2. The van der Waals surface area contributed by atoms with Gasteiger partial charge in [-0.05, 0) is 54.1 Å². The zero-order valence-electron chi connectivity index (χ0n) is 15.3. The molecule has 0 fully saturated rings. The summed E-state index contributed by atoms with van der Waals surface area (Å²) in [6.45, 7) is -0.292. The van der Waals surface area contributed by atoms with Crippen molar-refractivity contribution in [1.29, 1.82) is 0 Å². The fraction of sp³-hybridized carbons (Fsp3) is 0.0909. The van der Waals surface area contributed by atoms with Crippen molar-refractivity contribution >= 4 is 45.0 Å². The van der Waals surface area contributed by atoms with Crippen LogP contribution in [-0.2, 0) is 4.79 Å². The number of nitrogens with zero attached hydrogens (tertiary/aromatic N) is 1. The third kappa shape index (κ3) is 3.95. The fourth-order valence-corrected chi connectivity index (χ4v) is 4.05. The highest BCUT2D eigenvalue weighted by Gasteiger charge is 2.35. The standard InChI is InChI=1S/C22H14BrClF2N2O2/c23-13-3-7-18(24)16(9-13)22(30)28-11-20(29)27-19-8-6-15(26)10-17(19)21(28)12-1-4-14(25)5-2-12/h1-10,21H,11H2,(H,27,29)/t21-/m0/s1. The number of carbonyl (C=O) groups excluding carboxylic acids is 2. The van der Waals surface area contributed by atoms with Gasteiger partial charge in [0, 0.05) is 15.7 Å². The summed E-state index contributed by atoms with van der Waals surface area (Å²) in [6, 6.07) is 13.4. The molecule has 1 heterocycles. The summed E-state index contributed by atoms with van der Waals surface area (Å²) in [4.78, 5) is 27.4. The largest absolute Gasteiger partial charge is 0.324 e. The number of anilines is 1. The molecule has 30 heavy (non-hydrogen) atoms. The topological polar surface area (TPSA) is 49.4 Å². The molecule has 8 heteroatoms. The minimum Gasteiger partial charge on any atom is -0.324 e. The molecule has 0 aromatic heterocycles. The van der Waals surface area contributed by atoms with Gasteiger partial charge in [0.25, 0.3) is 5.91 Å². The SMILES string of the molecule is O=C1CN(C(=O)c2cc(Br)ccc2Cl)[C@@H](c2ccc(F)cc2)c2cc(F)ccc2N1. The van der Waals surface area contributed by atoms with Crippen molar-refractivity contribution in [1.82, 2.24) is 4.90 Å². The lowest BCUT2D eigenvalue weighted by atomic mass is 9.95. The second-order valence-electron chi connectivity index (χ2n) is 6.79. The van der Waals surface area contributed by atoms with Crippen molar-refractivity contribution in [2.45, 2.75) is 6.04 Å². The summed E-state index contributed by atoms with van der Waals surface area (Å²) in [5.41, 5.74) is 1.48. The van der Waals surface area contributed by atoms with Crippen LogP contribution in [0.5, 0.6) is 0 Å². The third-order valence-corrected chi connectivity index (χ3v) is 5.64. The predicted molar refractivity (Wildman–Crippen MR) is 113 cm³/mol. The minimum absolute atomic E-state index is 0.186. The monoisotopic (exact) mass is 490 g/mol. The van der Waals surface area contributed by atoms with Crippen LogP contribution >= 0.6 is 27.5 Å². The van der Waals surface area contributed by atoms with Gasteiger partial charge in [-0.1, -0.05) is 39.7 Å². The maximum Gasteiger partial charge on any atom is 0.256 e. The molecule has 0 unspecified atom stereocenters. The van der Waals surface area contributed by atoms with Crippen LogP contribution in [0, 0.1) is 11.6 Å². The molecule has 152 valence electrons. The van der Waals surface area contributed by atoms with Crippen LogP contribution in [0.2, 0.25) is 5.02 Å². The van der Waals surface area contributed by atoms with E-state index >= 15 is 0 Å². The molecular formula is C22H14BrClF2N2O2. The first kappa shape index (κ1) is 20.5. The number of halogens is 4. The molecule has 2 amide bonds. The fourth-order valence-electron chi connectivity index (χ4n) is 3.49. The Balaban J connectivity index is 1.92. The molecule has 1 N–H and O–H groups in total. The molecule has 1 aliphatic rings. The molecule has 0 saturated carbocycles. The Bertz CT molecular complexity index is 1150. The van der Waals surface area contributed by atoms with Crippen molar-refractivity contribution in [2.75, 3.05) is 11.9 Å². The van der Waals surface area contributed by atoms with Crippen molar-refractivity contribution in [3.05, 3.63) is 98.5 Å². The normalized spacial score (nSPS) is 15.9. The lowest BCUT2D eigenvalue weighted by Gasteiger charge is -2.31. The van der Waals surface area contributed by atoms with E-state index in [1.165, 1.54) is 47.4 Å². The van der Waals surface area contributed by atoms with Gasteiger partial charge < -0.3 is 10.2 Å². The van der Waals surface area contributed by atoms with Crippen molar-refractivity contribution in [3.8, 4) is 0 Å². The van der Waals surface area contributed by atoms with Crippen LogP contribution < -0.4 is 5.32 Å². The molecule has 1 aliphatic heterocycles. The van der Waals surface area contributed by atoms with Crippen LogP contribution in [0.15, 0.2) is 65.1 Å². The Morgan fingerprint density at radius 3 is 2.47 bits per heavy atom. The average molecular weight is 492 g/mol. The lowest BCUT2D eigenvalue weighted by molar-refractivity contribution is -0.117. The van der Waals surface area contributed by atoms with Crippen LogP contribution in [0.3, 0.4) is 0 Å². The highest BCUT2D eigenvalue weighted by atomic mass is 79.9. The number of benzene rings is 3. The van der Waals surface area contributed by atoms with Gasteiger partial charge in [0.05, 0.1) is 16.6 Å². The van der Waals surface area contributed by atoms with E-state index in [4.69, 9.17) is 11.6 Å². The molecule has 3 aromatic carbocycles. The molecular weight excluding hydrogens is 478 g/mol. The molecule has 0 spiro atoms. The van der Waals surface area contributed by atoms with Crippen LogP contribution in [0.4, 0.5) is 14.5 Å². The first-order valence-electron chi connectivity index (χ1n) is 8.94. The first-order chi connectivity index (χ1) is 14.3. The van der Waals surface area contributed by atoms with E-state index in [-0.39, 0.29) is 17.1 Å². The van der Waals surface area contributed by atoms with Gasteiger partial charge in [-0.15, -0.1) is 0 Å². The summed E-state index contributed by atoms with van der Waals surface area (Å²) in [5, 5.41) is 2.92. The van der Waals surface area contributed by atoms with Gasteiger partial charge in [-0.3, -0.25) is 9.59 Å². The van der Waals surface area contributed by atoms with Crippen molar-refractivity contribution < 1.29 is 18.4 Å². The van der Waals surface area contributed by atoms with Gasteiger partial charge in [0.2, 0.25) is 5.91 Å². The average Bonchev–Trinajstić information content (AvgIpc) is 2.85. The summed E-state index contributed by atoms with van der Waals surface area (Å²) in [5.74, 6) is -1.92. The summed E-state index contributed by atoms with van der Waals surface area (Å²) < 4.78 is 28.3. The Labute approximate surface area is 184 Å². The quantitative estimate of drug-likeness (QED) is 0.510. The molecule has 0 bridgehead atoms. The lowest BCUT2D eigenvalue weighted by Crippen LogP contribution is -2.39. The summed E-state index contributed by atoms with van der Waals surface area (Å²) >= 11 is 9.57. The highest BCUT2D eigenvalue weighted by molar-refractivity contribution is 9.10. The van der Waals surface area contributed by atoms with E-state index in [0.29, 0.717) is 21.3 Å². The van der Waals surface area contributed by atoms with Gasteiger partial charge >= 0.3 is 0 Å². The Morgan fingerprint density at radius 1 is 1.03 bits per heavy atom. The molecule has 1 atom stereocenters. The van der Waals surface area contributed by atoms with E-state index in [2.05, 4.69) is 21.2 Å². The van der Waals surface area contributed by atoms with E-state index in [0.717, 1.165) is 0 Å². The maximum absolute atomic E-state index is 14.1. The van der Waals surface area contributed by atoms with Crippen LogP contribution in [0.1, 0.15) is 27.5 Å². The van der Waals surface area contributed by atoms with Crippen LogP contribution in [0.25, 0.3) is 0 Å². The van der Waals surface area contributed by atoms with E-state index in [1.807, 2.05) is 0 Å². The van der Waals surface area contributed by atoms with Crippen molar-refractivity contribution in [3.63, 3.8) is 0 Å². The molecule has 4 nitrogen and oxygen atoms in total. The van der Waals surface area contributed by atoms with E-state index in [9.17, 15) is 18.4 Å². The van der Waals surface area contributed by atoms with Crippen molar-refractivity contribution in [2.24, 2.45) is 0 Å². The molecule has 4 rings (SSSR count). The maximum atomic E-state index is 14.1. The first-order valence-corrected chi connectivity index (χ1v) is 10.1. The predicted octanol–water partition coefficient (Wildman–Crippen LogP) is 5.56. The molecule has 0 saturated heterocycles. The van der Waals surface area contributed by atoms with Gasteiger partial charge in [-0.25, -0.2) is 8.78 Å². The number of nitrogens with one attached hydrogen (secondary N) is 1. The molecule has 0 aliphatic carbocycles. The summed E-state index contributed by atoms with van der Waals surface area (Å²) in [7, 11) is 0. The van der Waals surface area contributed by atoms with Gasteiger partial charge in [0.1, 0.15) is 18.2 Å². The van der Waals surface area contributed by atoms with Gasteiger partial charge in [-0.2, -0.15) is 0 Å². The second-order valence-corrected chi connectivity index (χ2v) is 8.11. The number of rotatable bonds is 2. The zero-order valence-corrected chi connectivity index (χ0v) is 17.7. The number of amides is 2. The second kappa shape index (κ2) is 8.16. The zero-order chi connectivity index (χ0) is 21.4. The smallest absolute Gasteiger partial charge is 0.256 e. The van der Waals surface area contributed by atoms with E-state index in [1.54, 1.807) is 18.2 Å². The summed E-state index contributed by atoms with van der Waals surface area (Å²) in [6.07, 6.45) is 0. The minimum atomic E-state index is -0.835.